The number of nitrogens with zero attached hydrogens (tertiary/aromatic N) is 2. The Kier molecular flexibility index (Phi) is 4.58. The third-order valence-electron chi connectivity index (χ3n) is 6.48. The monoisotopic (exact) mass is 421 g/mol. The number of piperidine rings is 1. The van der Waals surface area contributed by atoms with Crippen LogP contribution in [0.25, 0.3) is 10.2 Å². The van der Waals surface area contributed by atoms with Gasteiger partial charge in [0.05, 0.1) is 15.2 Å². The van der Waals surface area contributed by atoms with Gasteiger partial charge in [-0.2, -0.15) is 0 Å². The number of likely N-dealkylation sites (tertiary alicyclic amines) is 1. The van der Waals surface area contributed by atoms with Crippen molar-refractivity contribution in [3.05, 3.63) is 51.8 Å². The van der Waals surface area contributed by atoms with E-state index in [-0.39, 0.29) is 23.0 Å². The second-order valence-electron chi connectivity index (χ2n) is 9.53. The maximum Gasteiger partial charge on any atom is 0.270 e. The summed E-state index contributed by atoms with van der Waals surface area (Å²) >= 11 is 1.74. The molecule has 1 saturated heterocycles. The Bertz CT molecular complexity index is 1120. The molecule has 0 saturated carbocycles. The van der Waals surface area contributed by atoms with Crippen molar-refractivity contribution in [2.24, 2.45) is 5.41 Å². The lowest BCUT2D eigenvalue weighted by Gasteiger charge is -2.31. The SMILES string of the molecule is Cc1c(C(=O)N2CCC[C@@H](c3nc4ccccc4s3)C2)[nH]c2c1C(=O)CC(C)(C)C2. The fraction of sp³-hybridized carbons (Fsp3) is 0.458. The molecule has 3 heterocycles. The van der Waals surface area contributed by atoms with E-state index in [2.05, 4.69) is 24.9 Å². The zero-order valence-corrected chi connectivity index (χ0v) is 18.6. The molecule has 0 bridgehead atoms. The number of aromatic nitrogens is 2. The van der Waals surface area contributed by atoms with Gasteiger partial charge in [0.2, 0.25) is 0 Å². The summed E-state index contributed by atoms with van der Waals surface area (Å²) in [6.07, 6.45) is 3.36. The molecule has 3 aromatic rings. The summed E-state index contributed by atoms with van der Waals surface area (Å²) in [5.41, 5.74) is 4.06. The first-order chi connectivity index (χ1) is 14.3. The van der Waals surface area contributed by atoms with E-state index >= 15 is 0 Å². The Hall–Kier alpha value is -2.47. The van der Waals surface area contributed by atoms with E-state index in [1.165, 1.54) is 4.70 Å². The summed E-state index contributed by atoms with van der Waals surface area (Å²) in [6, 6.07) is 8.21. The van der Waals surface area contributed by atoms with Gasteiger partial charge in [-0.3, -0.25) is 9.59 Å². The van der Waals surface area contributed by atoms with Crippen molar-refractivity contribution in [2.75, 3.05) is 13.1 Å². The van der Waals surface area contributed by atoms with Crippen LogP contribution in [0.2, 0.25) is 0 Å². The molecule has 0 unspecified atom stereocenters. The van der Waals surface area contributed by atoms with Gasteiger partial charge in [-0.1, -0.05) is 26.0 Å². The van der Waals surface area contributed by atoms with Crippen LogP contribution in [0.1, 0.15) is 76.1 Å². The first-order valence-electron chi connectivity index (χ1n) is 10.7. The smallest absolute Gasteiger partial charge is 0.270 e. The summed E-state index contributed by atoms with van der Waals surface area (Å²) in [5, 5.41) is 1.12. The van der Waals surface area contributed by atoms with E-state index in [1.54, 1.807) is 11.3 Å². The summed E-state index contributed by atoms with van der Waals surface area (Å²) in [6.45, 7) is 7.56. The van der Waals surface area contributed by atoms with E-state index in [4.69, 9.17) is 4.98 Å². The number of Topliss-reactive ketones (excluding diaryl/α,β-unsaturated/α-hetero) is 1. The van der Waals surface area contributed by atoms with E-state index in [0.29, 0.717) is 18.7 Å². The average Bonchev–Trinajstić information content (AvgIpc) is 3.28. The predicted octanol–water partition coefficient (Wildman–Crippen LogP) is 5.11. The van der Waals surface area contributed by atoms with Gasteiger partial charge in [-0.05, 0) is 49.3 Å². The maximum atomic E-state index is 13.4. The van der Waals surface area contributed by atoms with Crippen molar-refractivity contribution < 1.29 is 9.59 Å². The maximum absolute atomic E-state index is 13.4. The van der Waals surface area contributed by atoms with Crippen LogP contribution in [-0.4, -0.2) is 39.6 Å². The molecule has 156 valence electrons. The number of amides is 1. The second-order valence-corrected chi connectivity index (χ2v) is 10.6. The first kappa shape index (κ1) is 19.5. The number of para-hydroxylation sites is 1. The van der Waals surface area contributed by atoms with Gasteiger partial charge in [0, 0.05) is 36.7 Å². The highest BCUT2D eigenvalue weighted by molar-refractivity contribution is 7.18. The molecule has 0 spiro atoms. The molecule has 6 heteroatoms. The van der Waals surface area contributed by atoms with Crippen molar-refractivity contribution in [1.29, 1.82) is 0 Å². The van der Waals surface area contributed by atoms with Crippen molar-refractivity contribution in [3.63, 3.8) is 0 Å². The number of ketones is 1. The number of nitrogens with one attached hydrogen (secondary N) is 1. The van der Waals surface area contributed by atoms with Gasteiger partial charge < -0.3 is 9.88 Å². The van der Waals surface area contributed by atoms with Crippen LogP contribution in [0.5, 0.6) is 0 Å². The summed E-state index contributed by atoms with van der Waals surface area (Å²) < 4.78 is 1.20. The fourth-order valence-corrected chi connectivity index (χ4v) is 6.13. The fourth-order valence-electron chi connectivity index (χ4n) is 5.03. The van der Waals surface area contributed by atoms with Crippen LogP contribution in [0, 0.1) is 12.3 Å². The van der Waals surface area contributed by atoms with Crippen LogP contribution in [0.15, 0.2) is 24.3 Å². The van der Waals surface area contributed by atoms with Crippen LogP contribution in [-0.2, 0) is 6.42 Å². The lowest BCUT2D eigenvalue weighted by atomic mass is 9.75. The number of carbonyl (C=O) groups excluding carboxylic acids is 2. The van der Waals surface area contributed by atoms with Crippen LogP contribution in [0.4, 0.5) is 0 Å². The number of benzene rings is 1. The summed E-state index contributed by atoms with van der Waals surface area (Å²) in [7, 11) is 0. The Labute approximate surface area is 180 Å². The number of hydrogen-bond acceptors (Lipinski definition) is 4. The Morgan fingerprint density at radius 3 is 2.87 bits per heavy atom. The molecule has 5 rings (SSSR count). The number of rotatable bonds is 2. The standard InChI is InChI=1S/C24H27N3O2S/c1-14-20-17(11-24(2,3)12-18(20)28)25-21(14)23(29)27-10-6-7-15(13-27)22-26-16-8-4-5-9-19(16)30-22/h4-5,8-9,15,25H,6-7,10-13H2,1-3H3/t15-/m1/s1. The van der Waals surface area contributed by atoms with Gasteiger partial charge in [0.25, 0.3) is 5.91 Å². The van der Waals surface area contributed by atoms with E-state index in [0.717, 1.165) is 53.2 Å². The number of hydrogen-bond donors (Lipinski definition) is 1. The van der Waals surface area contributed by atoms with Crippen LogP contribution < -0.4 is 0 Å². The zero-order valence-electron chi connectivity index (χ0n) is 17.7. The number of fused-ring (bicyclic) bond motifs is 2. The van der Waals surface area contributed by atoms with E-state index in [9.17, 15) is 9.59 Å². The first-order valence-corrected chi connectivity index (χ1v) is 11.5. The number of aromatic amines is 1. The van der Waals surface area contributed by atoms with Gasteiger partial charge in [0.15, 0.2) is 5.78 Å². The molecule has 0 radical (unpaired) electrons. The quantitative estimate of drug-likeness (QED) is 0.625. The lowest BCUT2D eigenvalue weighted by Crippen LogP contribution is -2.39. The van der Waals surface area contributed by atoms with E-state index < -0.39 is 0 Å². The molecule has 30 heavy (non-hydrogen) atoms. The molecular formula is C24H27N3O2S. The van der Waals surface area contributed by atoms with E-state index in [1.807, 2.05) is 30.0 Å². The highest BCUT2D eigenvalue weighted by Gasteiger charge is 2.36. The number of H-pyrrole nitrogens is 1. The predicted molar refractivity (Wildman–Crippen MR) is 119 cm³/mol. The minimum atomic E-state index is -0.0647. The zero-order chi connectivity index (χ0) is 21.0. The average molecular weight is 422 g/mol. The van der Waals surface area contributed by atoms with Crippen molar-refractivity contribution in [1.82, 2.24) is 14.9 Å². The highest BCUT2D eigenvalue weighted by Crippen LogP contribution is 2.38. The molecule has 1 fully saturated rings. The molecule has 5 nitrogen and oxygen atoms in total. The van der Waals surface area contributed by atoms with Gasteiger partial charge >= 0.3 is 0 Å². The van der Waals surface area contributed by atoms with Crippen molar-refractivity contribution in [3.8, 4) is 0 Å². The highest BCUT2D eigenvalue weighted by atomic mass is 32.1. The molecule has 2 aliphatic rings. The van der Waals surface area contributed by atoms with Gasteiger partial charge in [0.1, 0.15) is 5.69 Å². The van der Waals surface area contributed by atoms with Crippen LogP contribution >= 0.6 is 11.3 Å². The third kappa shape index (κ3) is 3.27. The normalized spacial score (nSPS) is 21.1. The number of carbonyl (C=O) groups is 2. The Balaban J connectivity index is 1.41. The van der Waals surface area contributed by atoms with Crippen molar-refractivity contribution in [2.45, 2.75) is 52.4 Å². The Morgan fingerprint density at radius 2 is 2.07 bits per heavy atom. The van der Waals surface area contributed by atoms with Crippen LogP contribution in [0.3, 0.4) is 0 Å². The van der Waals surface area contributed by atoms with Gasteiger partial charge in [-0.15, -0.1) is 11.3 Å². The molecule has 1 aliphatic heterocycles. The molecular weight excluding hydrogens is 394 g/mol. The summed E-state index contributed by atoms with van der Waals surface area (Å²) in [5.74, 6) is 0.434. The topological polar surface area (TPSA) is 66.1 Å². The molecule has 1 amide bonds. The lowest BCUT2D eigenvalue weighted by molar-refractivity contribution is 0.0700. The van der Waals surface area contributed by atoms with Crippen molar-refractivity contribution >= 4 is 33.2 Å². The molecule has 2 aromatic heterocycles. The minimum Gasteiger partial charge on any atom is -0.354 e. The molecule has 1 aromatic carbocycles. The van der Waals surface area contributed by atoms with Gasteiger partial charge in [-0.25, -0.2) is 4.98 Å². The summed E-state index contributed by atoms with van der Waals surface area (Å²) in [4.78, 5) is 36.2. The molecule has 1 atom stereocenters. The molecule has 1 N–H and O–H groups in total. The largest absolute Gasteiger partial charge is 0.354 e. The third-order valence-corrected chi connectivity index (χ3v) is 7.68. The number of thiazole rings is 1. The molecule has 1 aliphatic carbocycles. The minimum absolute atomic E-state index is 0.0123. The Morgan fingerprint density at radius 1 is 1.27 bits per heavy atom. The second kappa shape index (κ2) is 7.05.